The maximum Gasteiger partial charge on any atom is 0.257 e. The molecule has 2 unspecified atom stereocenters. The van der Waals surface area contributed by atoms with Crippen molar-refractivity contribution in [1.29, 1.82) is 0 Å². The zero-order valence-corrected chi connectivity index (χ0v) is 12.0. The molecule has 1 saturated carbocycles. The summed E-state index contributed by atoms with van der Waals surface area (Å²) in [6, 6.07) is 10.3. The molecular weight excluding hydrogens is 248 g/mol. The van der Waals surface area contributed by atoms with Gasteiger partial charge >= 0.3 is 0 Å². The molecule has 3 nitrogen and oxygen atoms in total. The zero-order chi connectivity index (χ0) is 13.9. The first-order chi connectivity index (χ1) is 9.78. The fraction of sp³-hybridized carbons (Fsp3) is 0.471. The van der Waals surface area contributed by atoms with Crippen molar-refractivity contribution in [2.75, 3.05) is 5.32 Å². The summed E-state index contributed by atoms with van der Waals surface area (Å²) in [6.07, 6.45) is 6.33. The molecule has 1 aromatic carbocycles. The fourth-order valence-electron chi connectivity index (χ4n) is 3.37. The van der Waals surface area contributed by atoms with Gasteiger partial charge < -0.3 is 10.3 Å². The van der Waals surface area contributed by atoms with Gasteiger partial charge in [0.15, 0.2) is 0 Å². The summed E-state index contributed by atoms with van der Waals surface area (Å²) < 4.78 is 0. The normalized spacial score (nSPS) is 22.9. The smallest absolute Gasteiger partial charge is 0.257 e. The number of H-pyrrole nitrogens is 1. The molecule has 0 aliphatic heterocycles. The second-order valence-corrected chi connectivity index (χ2v) is 5.80. The monoisotopic (exact) mass is 270 g/mol. The predicted molar refractivity (Wildman–Crippen MR) is 84.2 cm³/mol. The van der Waals surface area contributed by atoms with Crippen LogP contribution in [0.3, 0.4) is 0 Å². The number of pyridine rings is 1. The van der Waals surface area contributed by atoms with Crippen LogP contribution in [0.4, 0.5) is 5.82 Å². The minimum absolute atomic E-state index is 0.00513. The number of hydrogen-bond acceptors (Lipinski definition) is 2. The highest BCUT2D eigenvalue weighted by atomic mass is 16.1. The average Bonchev–Trinajstić information content (AvgIpc) is 2.48. The molecule has 0 radical (unpaired) electrons. The maximum absolute atomic E-state index is 12.1. The van der Waals surface area contributed by atoms with Crippen LogP contribution in [-0.2, 0) is 0 Å². The van der Waals surface area contributed by atoms with E-state index < -0.39 is 0 Å². The lowest BCUT2D eigenvalue weighted by molar-refractivity contribution is 0.317. The Morgan fingerprint density at radius 2 is 2.05 bits per heavy atom. The van der Waals surface area contributed by atoms with E-state index in [9.17, 15) is 4.79 Å². The first-order valence-electron chi connectivity index (χ1n) is 7.66. The first-order valence-corrected chi connectivity index (χ1v) is 7.66. The van der Waals surface area contributed by atoms with E-state index in [0.717, 1.165) is 22.5 Å². The van der Waals surface area contributed by atoms with Gasteiger partial charge in [-0.25, -0.2) is 0 Å². The van der Waals surface area contributed by atoms with Crippen molar-refractivity contribution in [3.63, 3.8) is 0 Å². The molecule has 1 aromatic heterocycles. The summed E-state index contributed by atoms with van der Waals surface area (Å²) in [4.78, 5) is 15.1. The van der Waals surface area contributed by atoms with Crippen LogP contribution in [0.1, 0.15) is 39.0 Å². The molecule has 1 aliphatic rings. The van der Waals surface area contributed by atoms with Crippen LogP contribution >= 0.6 is 0 Å². The number of anilines is 1. The lowest BCUT2D eigenvalue weighted by Gasteiger charge is -2.32. The molecule has 0 spiro atoms. The average molecular weight is 270 g/mol. The van der Waals surface area contributed by atoms with E-state index in [1.54, 1.807) is 0 Å². The SMILES string of the molecule is CCC1CCCCC1Nc1cc2ccccc2c(=O)[nH]1. The van der Waals surface area contributed by atoms with E-state index in [1.165, 1.54) is 32.1 Å². The van der Waals surface area contributed by atoms with Gasteiger partial charge in [0.05, 0.1) is 0 Å². The molecule has 1 aliphatic carbocycles. The molecule has 0 saturated heterocycles. The molecule has 3 rings (SSSR count). The van der Waals surface area contributed by atoms with Crippen LogP contribution in [0.5, 0.6) is 0 Å². The molecule has 0 amide bonds. The third-order valence-corrected chi connectivity index (χ3v) is 4.53. The Morgan fingerprint density at radius 1 is 1.25 bits per heavy atom. The fourth-order valence-corrected chi connectivity index (χ4v) is 3.37. The van der Waals surface area contributed by atoms with E-state index >= 15 is 0 Å². The molecule has 3 heteroatoms. The van der Waals surface area contributed by atoms with Crippen LogP contribution in [0.2, 0.25) is 0 Å². The standard InChI is InChI=1S/C17H22N2O/c1-2-12-7-4-6-10-15(12)18-16-11-13-8-3-5-9-14(13)17(20)19-16/h3,5,8-9,11-12,15H,2,4,6-7,10H2,1H3,(H2,18,19,20). The van der Waals surface area contributed by atoms with Gasteiger partial charge in [0, 0.05) is 11.4 Å². The van der Waals surface area contributed by atoms with Crippen molar-refractivity contribution in [3.05, 3.63) is 40.7 Å². The number of rotatable bonds is 3. The molecule has 20 heavy (non-hydrogen) atoms. The molecule has 1 fully saturated rings. The molecular formula is C17H22N2O. The van der Waals surface area contributed by atoms with Gasteiger partial charge in [-0.05, 0) is 36.3 Å². The van der Waals surface area contributed by atoms with Crippen molar-refractivity contribution < 1.29 is 0 Å². The van der Waals surface area contributed by atoms with Crippen molar-refractivity contribution in [2.24, 2.45) is 5.92 Å². The van der Waals surface area contributed by atoms with Crippen LogP contribution in [-0.4, -0.2) is 11.0 Å². The Balaban J connectivity index is 1.88. The molecule has 2 atom stereocenters. The van der Waals surface area contributed by atoms with Crippen LogP contribution < -0.4 is 10.9 Å². The Kier molecular flexibility index (Phi) is 3.77. The quantitative estimate of drug-likeness (QED) is 0.888. The van der Waals surface area contributed by atoms with E-state index in [0.29, 0.717) is 6.04 Å². The van der Waals surface area contributed by atoms with Gasteiger partial charge in [-0.2, -0.15) is 0 Å². The van der Waals surface area contributed by atoms with E-state index in [2.05, 4.69) is 23.3 Å². The number of aromatic nitrogens is 1. The van der Waals surface area contributed by atoms with Crippen LogP contribution in [0.25, 0.3) is 10.8 Å². The highest BCUT2D eigenvalue weighted by Gasteiger charge is 2.23. The lowest BCUT2D eigenvalue weighted by Crippen LogP contribution is -2.32. The van der Waals surface area contributed by atoms with Gasteiger partial charge in [0.2, 0.25) is 0 Å². The Labute approximate surface area is 119 Å². The number of aromatic amines is 1. The maximum atomic E-state index is 12.1. The van der Waals surface area contributed by atoms with Gasteiger partial charge in [0.25, 0.3) is 5.56 Å². The number of nitrogens with one attached hydrogen (secondary N) is 2. The Hall–Kier alpha value is -1.77. The van der Waals surface area contributed by atoms with Gasteiger partial charge in [0.1, 0.15) is 5.82 Å². The highest BCUT2D eigenvalue weighted by molar-refractivity contribution is 5.83. The minimum atomic E-state index is -0.00513. The van der Waals surface area contributed by atoms with Crippen molar-refractivity contribution in [2.45, 2.75) is 45.1 Å². The Morgan fingerprint density at radius 3 is 2.90 bits per heavy atom. The predicted octanol–water partition coefficient (Wildman–Crippen LogP) is 3.91. The topological polar surface area (TPSA) is 44.9 Å². The largest absolute Gasteiger partial charge is 0.369 e. The number of fused-ring (bicyclic) bond motifs is 1. The zero-order valence-electron chi connectivity index (χ0n) is 12.0. The summed E-state index contributed by atoms with van der Waals surface area (Å²) in [7, 11) is 0. The first kappa shape index (κ1) is 13.2. The number of benzene rings is 1. The highest BCUT2D eigenvalue weighted by Crippen LogP contribution is 2.29. The number of hydrogen-bond donors (Lipinski definition) is 2. The summed E-state index contributed by atoms with van der Waals surface area (Å²) in [6.45, 7) is 2.26. The molecule has 1 heterocycles. The summed E-state index contributed by atoms with van der Waals surface area (Å²) in [5, 5.41) is 5.32. The summed E-state index contributed by atoms with van der Waals surface area (Å²) in [5.74, 6) is 1.58. The second-order valence-electron chi connectivity index (χ2n) is 5.80. The third kappa shape index (κ3) is 2.58. The van der Waals surface area contributed by atoms with E-state index in [1.807, 2.05) is 24.3 Å². The lowest BCUT2D eigenvalue weighted by atomic mass is 9.83. The van der Waals surface area contributed by atoms with Gasteiger partial charge in [-0.15, -0.1) is 0 Å². The molecule has 2 N–H and O–H groups in total. The molecule has 0 bridgehead atoms. The van der Waals surface area contributed by atoms with Crippen molar-refractivity contribution in [3.8, 4) is 0 Å². The van der Waals surface area contributed by atoms with Gasteiger partial charge in [-0.1, -0.05) is 44.4 Å². The van der Waals surface area contributed by atoms with E-state index in [-0.39, 0.29) is 5.56 Å². The minimum Gasteiger partial charge on any atom is -0.369 e. The Bertz CT molecular complexity index is 647. The summed E-state index contributed by atoms with van der Waals surface area (Å²) >= 11 is 0. The van der Waals surface area contributed by atoms with Crippen LogP contribution in [0, 0.1) is 5.92 Å². The molecule has 106 valence electrons. The summed E-state index contributed by atoms with van der Waals surface area (Å²) in [5.41, 5.74) is -0.00513. The van der Waals surface area contributed by atoms with Crippen molar-refractivity contribution >= 4 is 16.6 Å². The van der Waals surface area contributed by atoms with Gasteiger partial charge in [-0.3, -0.25) is 4.79 Å². The second kappa shape index (κ2) is 5.70. The van der Waals surface area contributed by atoms with Crippen LogP contribution in [0.15, 0.2) is 35.1 Å². The van der Waals surface area contributed by atoms with Crippen molar-refractivity contribution in [1.82, 2.24) is 4.98 Å². The third-order valence-electron chi connectivity index (χ3n) is 4.53. The van der Waals surface area contributed by atoms with E-state index in [4.69, 9.17) is 0 Å². The molecule has 2 aromatic rings.